The van der Waals surface area contributed by atoms with Crippen molar-refractivity contribution in [1.82, 2.24) is 0 Å². The zero-order valence-electron chi connectivity index (χ0n) is 13.5. The second-order valence-electron chi connectivity index (χ2n) is 6.91. The van der Waals surface area contributed by atoms with Crippen molar-refractivity contribution in [2.75, 3.05) is 6.54 Å². The summed E-state index contributed by atoms with van der Waals surface area (Å²) < 4.78 is 5.74. The van der Waals surface area contributed by atoms with E-state index in [1.54, 1.807) is 0 Å². The van der Waals surface area contributed by atoms with Gasteiger partial charge in [-0.15, -0.1) is 0 Å². The molecule has 118 valence electrons. The van der Waals surface area contributed by atoms with Crippen molar-refractivity contribution in [3.05, 3.63) is 29.8 Å². The molecule has 1 aromatic rings. The Morgan fingerprint density at radius 1 is 1.43 bits per heavy atom. The van der Waals surface area contributed by atoms with Crippen molar-refractivity contribution in [3.63, 3.8) is 0 Å². The van der Waals surface area contributed by atoms with Crippen LogP contribution >= 0.6 is 0 Å². The van der Waals surface area contributed by atoms with Gasteiger partial charge in [0.15, 0.2) is 0 Å². The molecule has 1 fully saturated rings. The van der Waals surface area contributed by atoms with Crippen molar-refractivity contribution >= 4 is 0 Å². The van der Waals surface area contributed by atoms with Crippen molar-refractivity contribution in [2.45, 2.75) is 58.7 Å². The molecular weight excluding hydrogens is 262 g/mol. The van der Waals surface area contributed by atoms with Gasteiger partial charge in [0, 0.05) is 12.0 Å². The highest BCUT2D eigenvalue weighted by molar-refractivity contribution is 5.31. The summed E-state index contributed by atoms with van der Waals surface area (Å²) in [4.78, 5) is 0. The number of ether oxygens (including phenoxy) is 1. The Balaban J connectivity index is 2.22. The molecule has 3 heteroatoms. The van der Waals surface area contributed by atoms with E-state index >= 15 is 0 Å². The zero-order valence-corrected chi connectivity index (χ0v) is 13.5. The first-order valence-corrected chi connectivity index (χ1v) is 8.11. The molecule has 1 aromatic carbocycles. The Bertz CT molecular complexity index is 460. The summed E-state index contributed by atoms with van der Waals surface area (Å²) in [5.41, 5.74) is 6.80. The van der Waals surface area contributed by atoms with E-state index in [9.17, 15) is 5.11 Å². The normalized spacial score (nSPS) is 27.6. The Labute approximate surface area is 128 Å². The van der Waals surface area contributed by atoms with Crippen LogP contribution in [0.25, 0.3) is 0 Å². The molecule has 2 rings (SSSR count). The number of rotatable bonds is 5. The molecule has 0 spiro atoms. The minimum absolute atomic E-state index is 0.135. The molecule has 1 aliphatic rings. The van der Waals surface area contributed by atoms with Gasteiger partial charge in [-0.3, -0.25) is 0 Å². The molecule has 0 amide bonds. The molecule has 1 aliphatic carbocycles. The lowest BCUT2D eigenvalue weighted by atomic mass is 9.65. The van der Waals surface area contributed by atoms with Crippen LogP contribution in [-0.2, 0) is 0 Å². The highest BCUT2D eigenvalue weighted by atomic mass is 16.5. The van der Waals surface area contributed by atoms with E-state index in [-0.39, 0.29) is 11.5 Å². The van der Waals surface area contributed by atoms with Gasteiger partial charge in [-0.05, 0) is 50.3 Å². The molecule has 1 saturated carbocycles. The van der Waals surface area contributed by atoms with Gasteiger partial charge in [-0.2, -0.15) is 0 Å². The molecule has 21 heavy (non-hydrogen) atoms. The average Bonchev–Trinajstić information content (AvgIpc) is 2.46. The predicted molar refractivity (Wildman–Crippen MR) is 86.3 cm³/mol. The second-order valence-corrected chi connectivity index (χ2v) is 6.91. The molecule has 3 atom stereocenters. The van der Waals surface area contributed by atoms with Crippen LogP contribution in [0.4, 0.5) is 0 Å². The molecule has 0 saturated heterocycles. The maximum absolute atomic E-state index is 10.9. The van der Waals surface area contributed by atoms with Crippen LogP contribution in [0.3, 0.4) is 0 Å². The Morgan fingerprint density at radius 2 is 2.19 bits per heavy atom. The fraction of sp³-hybridized carbons (Fsp3) is 0.667. The van der Waals surface area contributed by atoms with Gasteiger partial charge in [0.25, 0.3) is 0 Å². The van der Waals surface area contributed by atoms with Crippen molar-refractivity contribution in [1.29, 1.82) is 0 Å². The summed E-state index contributed by atoms with van der Waals surface area (Å²) in [6.45, 7) is 6.81. The van der Waals surface area contributed by atoms with E-state index in [1.807, 2.05) is 38.1 Å². The van der Waals surface area contributed by atoms with Crippen LogP contribution in [0.1, 0.15) is 58.1 Å². The lowest BCUT2D eigenvalue weighted by Gasteiger charge is -2.43. The average molecular weight is 291 g/mol. The first kappa shape index (κ1) is 16.3. The van der Waals surface area contributed by atoms with Crippen LogP contribution in [0.5, 0.6) is 5.75 Å². The van der Waals surface area contributed by atoms with Gasteiger partial charge in [0.2, 0.25) is 0 Å². The van der Waals surface area contributed by atoms with Gasteiger partial charge in [0.1, 0.15) is 5.75 Å². The zero-order chi connectivity index (χ0) is 15.5. The summed E-state index contributed by atoms with van der Waals surface area (Å²) in [7, 11) is 0. The lowest BCUT2D eigenvalue weighted by molar-refractivity contribution is -0.0132. The Hall–Kier alpha value is -1.06. The first-order chi connectivity index (χ1) is 9.97. The van der Waals surface area contributed by atoms with E-state index in [0.717, 1.165) is 30.6 Å². The second kappa shape index (κ2) is 6.80. The fourth-order valence-corrected chi connectivity index (χ4v) is 3.63. The third kappa shape index (κ3) is 3.78. The maximum Gasteiger partial charge on any atom is 0.120 e. The summed E-state index contributed by atoms with van der Waals surface area (Å²) in [5, 5.41) is 10.9. The molecule has 0 aliphatic heterocycles. The van der Waals surface area contributed by atoms with E-state index in [4.69, 9.17) is 10.5 Å². The summed E-state index contributed by atoms with van der Waals surface area (Å²) >= 11 is 0. The Morgan fingerprint density at radius 3 is 2.81 bits per heavy atom. The molecule has 0 radical (unpaired) electrons. The highest BCUT2D eigenvalue weighted by Gasteiger charge is 2.40. The van der Waals surface area contributed by atoms with E-state index in [2.05, 4.69) is 6.92 Å². The van der Waals surface area contributed by atoms with Gasteiger partial charge in [-0.25, -0.2) is 0 Å². The topological polar surface area (TPSA) is 55.5 Å². The molecule has 0 aromatic heterocycles. The standard InChI is InChI=1S/C18H29NO2/c1-13(2)21-16-8-4-7-15(10-16)17(20)18(12-19)9-5-6-14(3)11-18/h4,7-8,10,13-14,17,20H,5-6,9,11-12,19H2,1-3H3. The number of hydrogen-bond acceptors (Lipinski definition) is 3. The molecule has 3 nitrogen and oxygen atoms in total. The molecule has 3 N–H and O–H groups in total. The first-order valence-electron chi connectivity index (χ1n) is 8.11. The minimum atomic E-state index is -0.513. The van der Waals surface area contributed by atoms with Crippen LogP contribution in [0, 0.1) is 11.3 Å². The van der Waals surface area contributed by atoms with E-state index < -0.39 is 6.10 Å². The van der Waals surface area contributed by atoms with E-state index in [1.165, 1.54) is 6.42 Å². The molecule has 0 heterocycles. The summed E-state index contributed by atoms with van der Waals surface area (Å²) in [5.74, 6) is 1.45. The summed E-state index contributed by atoms with van der Waals surface area (Å²) in [6, 6.07) is 7.83. The minimum Gasteiger partial charge on any atom is -0.491 e. The van der Waals surface area contributed by atoms with Gasteiger partial charge in [-0.1, -0.05) is 31.9 Å². The van der Waals surface area contributed by atoms with Crippen LogP contribution < -0.4 is 10.5 Å². The summed E-state index contributed by atoms with van der Waals surface area (Å²) in [6.07, 6.45) is 4.02. The van der Waals surface area contributed by atoms with Crippen LogP contribution in [0.15, 0.2) is 24.3 Å². The molecule has 0 bridgehead atoms. The van der Waals surface area contributed by atoms with E-state index in [0.29, 0.717) is 12.5 Å². The monoisotopic (exact) mass is 291 g/mol. The lowest BCUT2D eigenvalue weighted by Crippen LogP contribution is -2.40. The van der Waals surface area contributed by atoms with Crippen molar-refractivity contribution in [3.8, 4) is 5.75 Å². The largest absolute Gasteiger partial charge is 0.491 e. The SMILES string of the molecule is CC1CCCC(CN)(C(O)c2cccc(OC(C)C)c2)C1. The number of nitrogens with two attached hydrogens (primary N) is 1. The van der Waals surface area contributed by atoms with Crippen molar-refractivity contribution in [2.24, 2.45) is 17.1 Å². The smallest absolute Gasteiger partial charge is 0.120 e. The quantitative estimate of drug-likeness (QED) is 0.870. The van der Waals surface area contributed by atoms with Crippen LogP contribution in [0.2, 0.25) is 0 Å². The third-order valence-corrected chi connectivity index (χ3v) is 4.66. The molecular formula is C18H29NO2. The number of aliphatic hydroxyl groups excluding tert-OH is 1. The van der Waals surface area contributed by atoms with Gasteiger partial charge in [0.05, 0.1) is 12.2 Å². The number of benzene rings is 1. The third-order valence-electron chi connectivity index (χ3n) is 4.66. The van der Waals surface area contributed by atoms with Gasteiger partial charge < -0.3 is 15.6 Å². The predicted octanol–water partition coefficient (Wildman–Crippen LogP) is 3.66. The Kier molecular flexibility index (Phi) is 5.28. The highest BCUT2D eigenvalue weighted by Crippen LogP contribution is 2.47. The number of hydrogen-bond donors (Lipinski definition) is 2. The van der Waals surface area contributed by atoms with Gasteiger partial charge >= 0.3 is 0 Å². The van der Waals surface area contributed by atoms with Crippen LogP contribution in [-0.4, -0.2) is 17.8 Å². The maximum atomic E-state index is 10.9. The number of aliphatic hydroxyl groups is 1. The molecule has 3 unspecified atom stereocenters. The van der Waals surface area contributed by atoms with Crippen molar-refractivity contribution < 1.29 is 9.84 Å². The fourth-order valence-electron chi connectivity index (χ4n) is 3.63.